The lowest BCUT2D eigenvalue weighted by molar-refractivity contribution is 0.586. The largest absolute Gasteiger partial charge is 0.455 e. The van der Waals surface area contributed by atoms with Crippen LogP contribution in [0.4, 0.5) is 0 Å². The monoisotopic (exact) mass is 636 g/mol. The van der Waals surface area contributed by atoms with Gasteiger partial charge in [-0.25, -0.2) is 0 Å². The average Bonchev–Trinajstić information content (AvgIpc) is 3.32. The van der Waals surface area contributed by atoms with Gasteiger partial charge in [0.25, 0.3) is 0 Å². The number of allylic oxidation sites excluding steroid dienone is 1. The van der Waals surface area contributed by atoms with E-state index in [0.29, 0.717) is 0 Å². The molecule has 0 saturated carbocycles. The van der Waals surface area contributed by atoms with E-state index in [1.54, 1.807) is 0 Å². The number of benzene rings is 4. The Kier molecular flexibility index (Phi) is 4.99. The maximum absolute atomic E-state index is 6.61. The standard InChI is InChI=1S/C29H18I2O/c30-26-21-15-7-9-17-23(21)29(19-11-3-1-4-12-19,20-13-5-2-6-14-20)25(26)28-27(31)22-16-8-10-18-24(22)32-28/h1-18H. The van der Waals surface area contributed by atoms with Gasteiger partial charge in [0, 0.05) is 14.5 Å². The maximum Gasteiger partial charge on any atom is 0.147 e. The first kappa shape index (κ1) is 20.2. The van der Waals surface area contributed by atoms with Crippen LogP contribution >= 0.6 is 45.2 Å². The Hall–Kier alpha value is -2.38. The van der Waals surface area contributed by atoms with Crippen LogP contribution in [0.3, 0.4) is 0 Å². The summed E-state index contributed by atoms with van der Waals surface area (Å²) in [5, 5.41) is 1.16. The predicted octanol–water partition coefficient (Wildman–Crippen LogP) is 8.69. The lowest BCUT2D eigenvalue weighted by Gasteiger charge is -2.35. The summed E-state index contributed by atoms with van der Waals surface area (Å²) in [5.41, 5.74) is 6.75. The van der Waals surface area contributed by atoms with Gasteiger partial charge >= 0.3 is 0 Å². The van der Waals surface area contributed by atoms with Crippen LogP contribution in [0.25, 0.3) is 20.1 Å². The van der Waals surface area contributed by atoms with Crippen molar-refractivity contribution in [3.63, 3.8) is 0 Å². The zero-order chi connectivity index (χ0) is 21.7. The van der Waals surface area contributed by atoms with Crippen LogP contribution in [0.5, 0.6) is 0 Å². The molecule has 32 heavy (non-hydrogen) atoms. The van der Waals surface area contributed by atoms with Gasteiger partial charge in [-0.15, -0.1) is 0 Å². The fourth-order valence-corrected chi connectivity index (χ4v) is 6.97. The molecule has 0 unspecified atom stereocenters. The highest BCUT2D eigenvalue weighted by Crippen LogP contribution is 2.60. The Bertz CT molecular complexity index is 1440. The molecule has 0 radical (unpaired) electrons. The summed E-state index contributed by atoms with van der Waals surface area (Å²) in [7, 11) is 0. The molecule has 1 heterocycles. The van der Waals surface area contributed by atoms with Crippen molar-refractivity contribution in [3.05, 3.63) is 141 Å². The van der Waals surface area contributed by atoms with Crippen molar-refractivity contribution < 1.29 is 4.42 Å². The van der Waals surface area contributed by atoms with Gasteiger partial charge in [0.1, 0.15) is 11.3 Å². The van der Waals surface area contributed by atoms with Crippen molar-refractivity contribution in [2.45, 2.75) is 5.41 Å². The van der Waals surface area contributed by atoms with Crippen LogP contribution in [0.15, 0.2) is 114 Å². The quantitative estimate of drug-likeness (QED) is 0.181. The first-order valence-electron chi connectivity index (χ1n) is 10.5. The van der Waals surface area contributed by atoms with Crippen molar-refractivity contribution in [1.82, 2.24) is 0 Å². The topological polar surface area (TPSA) is 13.1 Å². The molecule has 5 aromatic rings. The Morgan fingerprint density at radius 2 is 1.16 bits per heavy atom. The van der Waals surface area contributed by atoms with Crippen LogP contribution in [-0.4, -0.2) is 0 Å². The molecule has 1 aliphatic rings. The van der Waals surface area contributed by atoms with Gasteiger partial charge in [0.05, 0.1) is 8.99 Å². The van der Waals surface area contributed by atoms with Gasteiger partial charge in [-0.3, -0.25) is 0 Å². The molecule has 0 bridgehead atoms. The minimum atomic E-state index is -0.455. The fraction of sp³-hybridized carbons (Fsp3) is 0.0345. The molecule has 1 nitrogen and oxygen atoms in total. The highest BCUT2D eigenvalue weighted by Gasteiger charge is 2.49. The summed E-state index contributed by atoms with van der Waals surface area (Å²) in [5.74, 6) is 0.958. The van der Waals surface area contributed by atoms with Gasteiger partial charge in [0.2, 0.25) is 0 Å². The highest BCUT2D eigenvalue weighted by molar-refractivity contribution is 14.1. The second kappa shape index (κ2) is 7.89. The molecule has 0 fully saturated rings. The molecule has 154 valence electrons. The zero-order valence-electron chi connectivity index (χ0n) is 17.1. The number of halogens is 2. The van der Waals surface area contributed by atoms with Crippen molar-refractivity contribution in [2.24, 2.45) is 0 Å². The molecule has 4 aromatic carbocycles. The van der Waals surface area contributed by atoms with Crippen molar-refractivity contribution in [3.8, 4) is 0 Å². The summed E-state index contributed by atoms with van der Waals surface area (Å²) in [6, 6.07) is 38.8. The van der Waals surface area contributed by atoms with Gasteiger partial charge in [-0.2, -0.15) is 0 Å². The third kappa shape index (κ3) is 2.80. The van der Waals surface area contributed by atoms with E-state index in [9.17, 15) is 0 Å². The lowest BCUT2D eigenvalue weighted by Crippen LogP contribution is -2.29. The fourth-order valence-electron chi connectivity index (χ4n) is 5.02. The molecular weight excluding hydrogens is 618 g/mol. The van der Waals surface area contributed by atoms with E-state index in [2.05, 4.69) is 148 Å². The van der Waals surface area contributed by atoms with E-state index in [1.165, 1.54) is 31.4 Å². The molecule has 1 aliphatic carbocycles. The third-order valence-electron chi connectivity index (χ3n) is 6.34. The van der Waals surface area contributed by atoms with Crippen LogP contribution in [0.1, 0.15) is 28.0 Å². The number of fused-ring (bicyclic) bond motifs is 2. The van der Waals surface area contributed by atoms with Crippen molar-refractivity contribution in [2.75, 3.05) is 0 Å². The third-order valence-corrected chi connectivity index (χ3v) is 8.53. The predicted molar refractivity (Wildman–Crippen MR) is 149 cm³/mol. The van der Waals surface area contributed by atoms with E-state index >= 15 is 0 Å². The Labute approximate surface area is 214 Å². The number of rotatable bonds is 3. The number of furan rings is 1. The van der Waals surface area contributed by atoms with Crippen LogP contribution in [0, 0.1) is 3.57 Å². The summed E-state index contributed by atoms with van der Waals surface area (Å²) >= 11 is 4.98. The summed E-state index contributed by atoms with van der Waals surface area (Å²) in [6.45, 7) is 0. The van der Waals surface area contributed by atoms with E-state index in [4.69, 9.17) is 4.42 Å². The molecule has 0 spiro atoms. The number of para-hydroxylation sites is 1. The normalized spacial score (nSPS) is 14.7. The van der Waals surface area contributed by atoms with Gasteiger partial charge < -0.3 is 4.42 Å². The zero-order valence-corrected chi connectivity index (χ0v) is 21.4. The number of hydrogen-bond donors (Lipinski definition) is 0. The van der Waals surface area contributed by atoms with Crippen LogP contribution in [-0.2, 0) is 5.41 Å². The molecule has 0 atom stereocenters. The van der Waals surface area contributed by atoms with E-state index in [0.717, 1.165) is 20.3 Å². The maximum atomic E-state index is 6.61. The van der Waals surface area contributed by atoms with Crippen molar-refractivity contribution >= 4 is 65.3 Å². The summed E-state index contributed by atoms with van der Waals surface area (Å²) < 4.78 is 9.01. The Morgan fingerprint density at radius 3 is 1.81 bits per heavy atom. The van der Waals surface area contributed by atoms with Crippen LogP contribution < -0.4 is 0 Å². The molecule has 0 amide bonds. The first-order chi connectivity index (χ1) is 15.7. The van der Waals surface area contributed by atoms with Crippen LogP contribution in [0.2, 0.25) is 0 Å². The molecule has 6 rings (SSSR count). The Morgan fingerprint density at radius 1 is 0.594 bits per heavy atom. The summed E-state index contributed by atoms with van der Waals surface area (Å²) in [6.07, 6.45) is 0. The lowest BCUT2D eigenvalue weighted by atomic mass is 9.66. The minimum absolute atomic E-state index is 0.455. The molecule has 0 aliphatic heterocycles. The van der Waals surface area contributed by atoms with Gasteiger partial charge in [-0.05, 0) is 73.5 Å². The van der Waals surface area contributed by atoms with E-state index < -0.39 is 5.41 Å². The SMILES string of the molecule is IC1=C(c2oc3ccccc3c2I)C(c2ccccc2)(c2ccccc2)c2ccccc21. The number of hydrogen-bond acceptors (Lipinski definition) is 1. The highest BCUT2D eigenvalue weighted by atomic mass is 127. The average molecular weight is 636 g/mol. The molecule has 0 saturated heterocycles. The minimum Gasteiger partial charge on any atom is -0.455 e. The first-order valence-corrected chi connectivity index (χ1v) is 12.7. The molecule has 1 aromatic heterocycles. The van der Waals surface area contributed by atoms with E-state index in [1.807, 2.05) is 6.07 Å². The second-order valence-corrected chi connectivity index (χ2v) is 10.1. The summed E-state index contributed by atoms with van der Waals surface area (Å²) in [4.78, 5) is 0. The smallest absolute Gasteiger partial charge is 0.147 e. The molecule has 3 heteroatoms. The van der Waals surface area contributed by atoms with E-state index in [-0.39, 0.29) is 0 Å². The molecule has 0 N–H and O–H groups in total. The van der Waals surface area contributed by atoms with Gasteiger partial charge in [0.15, 0.2) is 0 Å². The van der Waals surface area contributed by atoms with Crippen molar-refractivity contribution in [1.29, 1.82) is 0 Å². The van der Waals surface area contributed by atoms with Gasteiger partial charge in [-0.1, -0.05) is 103 Å². The molecular formula is C29H18I2O. The second-order valence-electron chi connectivity index (χ2n) is 7.96. The Balaban J connectivity index is 1.80.